The van der Waals surface area contributed by atoms with Crippen molar-refractivity contribution < 1.29 is 0 Å². The van der Waals surface area contributed by atoms with Crippen LogP contribution in [0.5, 0.6) is 0 Å². The van der Waals surface area contributed by atoms with E-state index in [1.54, 1.807) is 24.5 Å². The van der Waals surface area contributed by atoms with E-state index in [1.807, 2.05) is 4.57 Å². The number of pyridine rings is 1. The van der Waals surface area contributed by atoms with Crippen molar-refractivity contribution in [2.24, 2.45) is 5.73 Å². The Morgan fingerprint density at radius 2 is 1.74 bits per heavy atom. The predicted octanol–water partition coefficient (Wildman–Crippen LogP) is 2.50. The minimum atomic E-state index is -0.0572. The van der Waals surface area contributed by atoms with Gasteiger partial charge in [0, 0.05) is 37.1 Å². The molecule has 3 nitrogen and oxygen atoms in total. The Balaban J connectivity index is 2.04. The summed E-state index contributed by atoms with van der Waals surface area (Å²) in [5, 5.41) is 0. The Morgan fingerprint density at radius 3 is 2.32 bits per heavy atom. The molecule has 19 heavy (non-hydrogen) atoms. The molecule has 100 valence electrons. The first kappa shape index (κ1) is 13.6. The number of nitrogens with zero attached hydrogens (tertiary/aromatic N) is 1. The first-order chi connectivity index (χ1) is 9.19. The molecule has 0 amide bonds. The van der Waals surface area contributed by atoms with Gasteiger partial charge in [0.15, 0.2) is 5.43 Å². The molecule has 0 saturated heterocycles. The van der Waals surface area contributed by atoms with Crippen molar-refractivity contribution in [3.05, 3.63) is 70.1 Å². The quantitative estimate of drug-likeness (QED) is 0.893. The maximum absolute atomic E-state index is 11.0. The van der Waals surface area contributed by atoms with E-state index >= 15 is 0 Å². The van der Waals surface area contributed by atoms with Crippen molar-refractivity contribution in [2.45, 2.75) is 32.4 Å². The second-order valence-corrected chi connectivity index (χ2v) is 4.83. The molecule has 3 heteroatoms. The molecular weight excluding hydrogens is 236 g/mol. The van der Waals surface area contributed by atoms with Gasteiger partial charge in [-0.15, -0.1) is 0 Å². The molecule has 1 heterocycles. The van der Waals surface area contributed by atoms with Gasteiger partial charge in [0.25, 0.3) is 0 Å². The molecule has 0 radical (unpaired) electrons. The summed E-state index contributed by atoms with van der Waals surface area (Å²) < 4.78 is 1.94. The van der Waals surface area contributed by atoms with Crippen LogP contribution < -0.4 is 11.2 Å². The van der Waals surface area contributed by atoms with Gasteiger partial charge in [-0.05, 0) is 17.5 Å². The molecule has 0 spiro atoms. The zero-order valence-corrected chi connectivity index (χ0v) is 11.3. The maximum Gasteiger partial charge on any atom is 0.181 e. The molecule has 0 saturated carbocycles. The fourth-order valence-electron chi connectivity index (χ4n) is 2.12. The van der Waals surface area contributed by atoms with Crippen LogP contribution in [0.2, 0.25) is 0 Å². The molecule has 0 bridgehead atoms. The number of rotatable bonds is 5. The first-order valence-corrected chi connectivity index (χ1v) is 6.69. The average Bonchev–Trinajstić information content (AvgIpc) is 2.42. The van der Waals surface area contributed by atoms with Gasteiger partial charge in [-0.3, -0.25) is 4.79 Å². The lowest BCUT2D eigenvalue weighted by Gasteiger charge is -2.14. The average molecular weight is 256 g/mol. The van der Waals surface area contributed by atoms with Crippen molar-refractivity contribution in [2.75, 3.05) is 0 Å². The molecule has 0 fully saturated rings. The lowest BCUT2D eigenvalue weighted by atomic mass is 10.0. The normalized spacial score (nSPS) is 12.3. The number of nitrogens with two attached hydrogens (primary N) is 1. The highest BCUT2D eigenvalue weighted by Crippen LogP contribution is 2.14. The van der Waals surface area contributed by atoms with E-state index in [0.29, 0.717) is 6.54 Å². The molecule has 0 aliphatic carbocycles. The van der Waals surface area contributed by atoms with Gasteiger partial charge < -0.3 is 10.3 Å². The Morgan fingerprint density at radius 1 is 1.11 bits per heavy atom. The predicted molar refractivity (Wildman–Crippen MR) is 78.1 cm³/mol. The van der Waals surface area contributed by atoms with Crippen LogP contribution in [0.25, 0.3) is 0 Å². The van der Waals surface area contributed by atoms with Gasteiger partial charge >= 0.3 is 0 Å². The SMILES string of the molecule is CCCc1ccc(C(N)Cn2ccc(=O)cc2)cc1. The van der Waals surface area contributed by atoms with Gasteiger partial charge in [-0.25, -0.2) is 0 Å². The van der Waals surface area contributed by atoms with Crippen molar-refractivity contribution >= 4 is 0 Å². The van der Waals surface area contributed by atoms with Crippen LogP contribution in [0.1, 0.15) is 30.5 Å². The third-order valence-electron chi connectivity index (χ3n) is 3.21. The number of hydrogen-bond acceptors (Lipinski definition) is 2. The second-order valence-electron chi connectivity index (χ2n) is 4.83. The lowest BCUT2D eigenvalue weighted by Crippen LogP contribution is -2.18. The summed E-state index contributed by atoms with van der Waals surface area (Å²) in [4.78, 5) is 11.0. The Hall–Kier alpha value is -1.87. The van der Waals surface area contributed by atoms with Crippen LogP contribution >= 0.6 is 0 Å². The Kier molecular flexibility index (Phi) is 4.53. The van der Waals surface area contributed by atoms with Crippen molar-refractivity contribution in [1.82, 2.24) is 4.57 Å². The van der Waals surface area contributed by atoms with Crippen LogP contribution in [0, 0.1) is 0 Å². The highest BCUT2D eigenvalue weighted by molar-refractivity contribution is 5.25. The summed E-state index contributed by atoms with van der Waals surface area (Å²) >= 11 is 0. The van der Waals surface area contributed by atoms with Crippen LogP contribution in [-0.2, 0) is 13.0 Å². The van der Waals surface area contributed by atoms with E-state index < -0.39 is 0 Å². The molecule has 1 aromatic heterocycles. The van der Waals surface area contributed by atoms with Crippen LogP contribution in [0.15, 0.2) is 53.6 Å². The van der Waals surface area contributed by atoms with E-state index in [9.17, 15) is 4.79 Å². The van der Waals surface area contributed by atoms with E-state index in [-0.39, 0.29) is 11.5 Å². The zero-order chi connectivity index (χ0) is 13.7. The highest BCUT2D eigenvalue weighted by atomic mass is 16.1. The van der Waals surface area contributed by atoms with E-state index in [1.165, 1.54) is 5.56 Å². The topological polar surface area (TPSA) is 48.0 Å². The molecule has 1 unspecified atom stereocenters. The minimum absolute atomic E-state index is 0.0220. The summed E-state index contributed by atoms with van der Waals surface area (Å²) in [5.41, 5.74) is 8.68. The summed E-state index contributed by atoms with van der Waals surface area (Å²) in [6.07, 6.45) is 5.80. The lowest BCUT2D eigenvalue weighted by molar-refractivity contribution is 0.573. The maximum atomic E-state index is 11.0. The van der Waals surface area contributed by atoms with Crippen molar-refractivity contribution in [1.29, 1.82) is 0 Å². The zero-order valence-electron chi connectivity index (χ0n) is 11.3. The molecule has 0 aliphatic rings. The van der Waals surface area contributed by atoms with Gasteiger partial charge in [0.05, 0.1) is 0 Å². The molecule has 2 N–H and O–H groups in total. The van der Waals surface area contributed by atoms with Crippen molar-refractivity contribution in [3.63, 3.8) is 0 Å². The third kappa shape index (κ3) is 3.80. The van der Waals surface area contributed by atoms with Crippen LogP contribution in [-0.4, -0.2) is 4.57 Å². The van der Waals surface area contributed by atoms with E-state index in [2.05, 4.69) is 31.2 Å². The molecule has 2 aromatic rings. The van der Waals surface area contributed by atoms with Crippen molar-refractivity contribution in [3.8, 4) is 0 Å². The summed E-state index contributed by atoms with van der Waals surface area (Å²) in [6.45, 7) is 2.85. The summed E-state index contributed by atoms with van der Waals surface area (Å²) in [6, 6.07) is 11.5. The van der Waals surface area contributed by atoms with Crippen LogP contribution in [0.3, 0.4) is 0 Å². The standard InChI is InChI=1S/C16H20N2O/c1-2-3-13-4-6-14(7-5-13)16(17)12-18-10-8-15(19)9-11-18/h4-11,16H,2-3,12,17H2,1H3. The largest absolute Gasteiger partial charge is 0.352 e. The number of benzene rings is 1. The molecule has 1 aromatic carbocycles. The van der Waals surface area contributed by atoms with Gasteiger partial charge in [-0.2, -0.15) is 0 Å². The number of hydrogen-bond donors (Lipinski definition) is 1. The smallest absolute Gasteiger partial charge is 0.181 e. The van der Waals surface area contributed by atoms with E-state index in [0.717, 1.165) is 18.4 Å². The van der Waals surface area contributed by atoms with Crippen LogP contribution in [0.4, 0.5) is 0 Å². The molecule has 2 rings (SSSR count). The molecule has 1 atom stereocenters. The van der Waals surface area contributed by atoms with E-state index in [4.69, 9.17) is 5.73 Å². The number of aromatic nitrogens is 1. The Bertz CT molecular complexity index is 552. The monoisotopic (exact) mass is 256 g/mol. The fourth-order valence-corrected chi connectivity index (χ4v) is 2.12. The van der Waals surface area contributed by atoms with Gasteiger partial charge in [0.1, 0.15) is 0 Å². The second kappa shape index (κ2) is 6.34. The molecular formula is C16H20N2O. The summed E-state index contributed by atoms with van der Waals surface area (Å²) in [7, 11) is 0. The number of aryl methyl sites for hydroxylation is 1. The summed E-state index contributed by atoms with van der Waals surface area (Å²) in [5.74, 6) is 0. The first-order valence-electron chi connectivity index (χ1n) is 6.69. The molecule has 0 aliphatic heterocycles. The van der Waals surface area contributed by atoms with Gasteiger partial charge in [0.2, 0.25) is 0 Å². The highest BCUT2D eigenvalue weighted by Gasteiger charge is 2.06. The van der Waals surface area contributed by atoms with Gasteiger partial charge in [-0.1, -0.05) is 37.6 Å². The fraction of sp³-hybridized carbons (Fsp3) is 0.312. The third-order valence-corrected chi connectivity index (χ3v) is 3.21. The Labute approximate surface area is 113 Å². The minimum Gasteiger partial charge on any atom is -0.352 e.